The molecular weight excluding hydrogens is 317 g/mol. The summed E-state index contributed by atoms with van der Waals surface area (Å²) in [6.45, 7) is 3.80. The number of aromatic nitrogens is 2. The van der Waals surface area contributed by atoms with Crippen LogP contribution in [0.3, 0.4) is 0 Å². The van der Waals surface area contributed by atoms with Crippen molar-refractivity contribution in [3.63, 3.8) is 0 Å². The minimum absolute atomic E-state index is 0.159. The SMILES string of the molecule is FC(F)(F)c1ccnc(N2CCCN(Cc3ccccc3)CC2)n1. The standard InChI is InChI=1S/C17H19F3N4/c18-17(19,20)15-7-8-21-16(22-15)24-10-4-9-23(11-12-24)13-14-5-2-1-3-6-14/h1-3,5-8H,4,9-13H2. The van der Waals surface area contributed by atoms with Crippen molar-refractivity contribution >= 4 is 5.95 Å². The van der Waals surface area contributed by atoms with Gasteiger partial charge in [0, 0.05) is 38.9 Å². The Morgan fingerprint density at radius 2 is 1.75 bits per heavy atom. The maximum Gasteiger partial charge on any atom is 0.433 e. The van der Waals surface area contributed by atoms with Crippen molar-refractivity contribution in [2.45, 2.75) is 19.1 Å². The van der Waals surface area contributed by atoms with Crippen LogP contribution in [0.5, 0.6) is 0 Å². The molecule has 2 aromatic rings. The summed E-state index contributed by atoms with van der Waals surface area (Å²) in [6.07, 6.45) is -2.40. The molecular formula is C17H19F3N4. The van der Waals surface area contributed by atoms with Gasteiger partial charge in [-0.1, -0.05) is 30.3 Å². The topological polar surface area (TPSA) is 32.3 Å². The number of nitrogens with zero attached hydrogens (tertiary/aromatic N) is 4. The molecule has 128 valence electrons. The molecule has 0 radical (unpaired) electrons. The number of hydrogen-bond donors (Lipinski definition) is 0. The average molecular weight is 336 g/mol. The fraction of sp³-hybridized carbons (Fsp3) is 0.412. The summed E-state index contributed by atoms with van der Waals surface area (Å²) in [5.41, 5.74) is 0.346. The number of hydrogen-bond acceptors (Lipinski definition) is 4. The molecule has 0 spiro atoms. The van der Waals surface area contributed by atoms with Gasteiger partial charge in [-0.2, -0.15) is 13.2 Å². The Bertz CT molecular complexity index is 660. The molecule has 1 aromatic carbocycles. The zero-order chi connectivity index (χ0) is 17.0. The molecule has 0 unspecified atom stereocenters. The van der Waals surface area contributed by atoms with Gasteiger partial charge in [-0.25, -0.2) is 9.97 Å². The van der Waals surface area contributed by atoms with E-state index in [4.69, 9.17) is 0 Å². The molecule has 0 aliphatic carbocycles. The first-order chi connectivity index (χ1) is 11.5. The second-order valence-corrected chi connectivity index (χ2v) is 5.84. The number of anilines is 1. The van der Waals surface area contributed by atoms with E-state index < -0.39 is 11.9 Å². The molecule has 2 heterocycles. The van der Waals surface area contributed by atoms with Crippen LogP contribution in [0.1, 0.15) is 17.7 Å². The van der Waals surface area contributed by atoms with Crippen LogP contribution in [0, 0.1) is 0 Å². The zero-order valence-corrected chi connectivity index (χ0v) is 13.2. The van der Waals surface area contributed by atoms with Crippen molar-refractivity contribution in [1.29, 1.82) is 0 Å². The van der Waals surface area contributed by atoms with Crippen LogP contribution < -0.4 is 4.90 Å². The number of alkyl halides is 3. The highest BCUT2D eigenvalue weighted by Crippen LogP contribution is 2.28. The summed E-state index contributed by atoms with van der Waals surface area (Å²) in [4.78, 5) is 11.9. The van der Waals surface area contributed by atoms with Crippen LogP contribution in [0.2, 0.25) is 0 Å². The summed E-state index contributed by atoms with van der Waals surface area (Å²) in [5.74, 6) is 0.159. The van der Waals surface area contributed by atoms with Gasteiger partial charge in [0.05, 0.1) is 0 Å². The van der Waals surface area contributed by atoms with Gasteiger partial charge >= 0.3 is 6.18 Å². The van der Waals surface area contributed by atoms with Gasteiger partial charge < -0.3 is 4.90 Å². The zero-order valence-electron chi connectivity index (χ0n) is 13.2. The summed E-state index contributed by atoms with van der Waals surface area (Å²) in [6, 6.07) is 11.1. The third kappa shape index (κ3) is 4.23. The summed E-state index contributed by atoms with van der Waals surface area (Å²) < 4.78 is 38.4. The van der Waals surface area contributed by atoms with Gasteiger partial charge in [0.15, 0.2) is 0 Å². The first-order valence-electron chi connectivity index (χ1n) is 7.94. The Kier molecular flexibility index (Phi) is 4.99. The smallest absolute Gasteiger partial charge is 0.339 e. The van der Waals surface area contributed by atoms with Crippen molar-refractivity contribution in [1.82, 2.24) is 14.9 Å². The Morgan fingerprint density at radius 1 is 0.958 bits per heavy atom. The first kappa shape index (κ1) is 16.7. The van der Waals surface area contributed by atoms with Crippen molar-refractivity contribution in [3.8, 4) is 0 Å². The van der Waals surface area contributed by atoms with Gasteiger partial charge in [0.25, 0.3) is 0 Å². The van der Waals surface area contributed by atoms with Gasteiger partial charge in [-0.05, 0) is 18.1 Å². The van der Waals surface area contributed by atoms with Gasteiger partial charge in [-0.3, -0.25) is 4.90 Å². The maximum absolute atomic E-state index is 12.8. The quantitative estimate of drug-likeness (QED) is 0.862. The van der Waals surface area contributed by atoms with Gasteiger partial charge in [0.2, 0.25) is 5.95 Å². The molecule has 1 aliphatic rings. The fourth-order valence-electron chi connectivity index (χ4n) is 2.83. The molecule has 7 heteroatoms. The predicted octanol–water partition coefficient (Wildman–Crippen LogP) is 3.21. The van der Waals surface area contributed by atoms with E-state index in [-0.39, 0.29) is 5.95 Å². The van der Waals surface area contributed by atoms with Crippen LogP contribution in [-0.4, -0.2) is 41.0 Å². The summed E-state index contributed by atoms with van der Waals surface area (Å²) in [7, 11) is 0. The largest absolute Gasteiger partial charge is 0.433 e. The van der Waals surface area contributed by atoms with Crippen molar-refractivity contribution in [3.05, 3.63) is 53.9 Å². The molecule has 3 rings (SSSR count). The van der Waals surface area contributed by atoms with Crippen molar-refractivity contribution < 1.29 is 13.2 Å². The highest BCUT2D eigenvalue weighted by Gasteiger charge is 2.33. The van der Waals surface area contributed by atoms with Crippen LogP contribution in [0.15, 0.2) is 42.6 Å². The lowest BCUT2D eigenvalue weighted by molar-refractivity contribution is -0.141. The number of rotatable bonds is 3. The monoisotopic (exact) mass is 336 g/mol. The molecule has 1 aromatic heterocycles. The Balaban J connectivity index is 1.65. The number of halogens is 3. The molecule has 1 saturated heterocycles. The Hall–Kier alpha value is -2.15. The van der Waals surface area contributed by atoms with Crippen molar-refractivity contribution in [2.75, 3.05) is 31.1 Å². The van der Waals surface area contributed by atoms with E-state index in [9.17, 15) is 13.2 Å². The van der Waals surface area contributed by atoms with E-state index in [0.717, 1.165) is 32.1 Å². The third-order valence-electron chi connectivity index (χ3n) is 4.05. The lowest BCUT2D eigenvalue weighted by atomic mass is 10.2. The first-order valence-corrected chi connectivity index (χ1v) is 7.94. The van der Waals surface area contributed by atoms with Crippen molar-refractivity contribution in [2.24, 2.45) is 0 Å². The van der Waals surface area contributed by atoms with E-state index in [2.05, 4.69) is 27.0 Å². The molecule has 0 N–H and O–H groups in total. The normalized spacial score (nSPS) is 16.9. The van der Waals surface area contributed by atoms with Crippen LogP contribution in [-0.2, 0) is 12.7 Å². The van der Waals surface area contributed by atoms with Gasteiger partial charge in [-0.15, -0.1) is 0 Å². The molecule has 0 atom stereocenters. The highest BCUT2D eigenvalue weighted by atomic mass is 19.4. The van der Waals surface area contributed by atoms with Crippen LogP contribution >= 0.6 is 0 Å². The minimum Gasteiger partial charge on any atom is -0.339 e. The molecule has 0 saturated carbocycles. The number of benzene rings is 1. The van der Waals surface area contributed by atoms with E-state index in [1.807, 2.05) is 23.1 Å². The van der Waals surface area contributed by atoms with E-state index in [1.165, 1.54) is 11.8 Å². The van der Waals surface area contributed by atoms with E-state index >= 15 is 0 Å². The fourth-order valence-corrected chi connectivity index (χ4v) is 2.83. The molecule has 1 aliphatic heterocycles. The van der Waals surface area contributed by atoms with Crippen LogP contribution in [0.25, 0.3) is 0 Å². The summed E-state index contributed by atoms with van der Waals surface area (Å²) >= 11 is 0. The predicted molar refractivity (Wildman–Crippen MR) is 85.6 cm³/mol. The second kappa shape index (κ2) is 7.17. The third-order valence-corrected chi connectivity index (χ3v) is 4.05. The minimum atomic E-state index is -4.44. The second-order valence-electron chi connectivity index (χ2n) is 5.84. The average Bonchev–Trinajstić information content (AvgIpc) is 2.81. The Morgan fingerprint density at radius 3 is 2.50 bits per heavy atom. The molecule has 24 heavy (non-hydrogen) atoms. The molecule has 4 nitrogen and oxygen atoms in total. The lowest BCUT2D eigenvalue weighted by Gasteiger charge is -2.22. The van der Waals surface area contributed by atoms with E-state index in [0.29, 0.717) is 13.1 Å². The Labute approximate surface area is 138 Å². The highest BCUT2D eigenvalue weighted by molar-refractivity contribution is 5.31. The van der Waals surface area contributed by atoms with Crippen LogP contribution in [0.4, 0.5) is 19.1 Å². The van der Waals surface area contributed by atoms with E-state index in [1.54, 1.807) is 0 Å². The maximum atomic E-state index is 12.8. The molecule has 1 fully saturated rings. The lowest BCUT2D eigenvalue weighted by Crippen LogP contribution is -2.31. The van der Waals surface area contributed by atoms with Gasteiger partial charge in [0.1, 0.15) is 5.69 Å². The molecule has 0 amide bonds. The summed E-state index contributed by atoms with van der Waals surface area (Å²) in [5, 5.41) is 0. The molecule has 0 bridgehead atoms.